The van der Waals surface area contributed by atoms with Gasteiger partial charge < -0.3 is 5.32 Å². The largest absolute Gasteiger partial charge is 0.356 e. The van der Waals surface area contributed by atoms with Gasteiger partial charge in [-0.15, -0.1) is 22.7 Å². The minimum Gasteiger partial charge on any atom is -0.356 e. The molecule has 0 bridgehead atoms. The summed E-state index contributed by atoms with van der Waals surface area (Å²) >= 11 is 3.33. The molecule has 3 aromatic heterocycles. The van der Waals surface area contributed by atoms with Crippen LogP contribution < -0.4 is 5.32 Å². The summed E-state index contributed by atoms with van der Waals surface area (Å²) in [6.45, 7) is 4.91. The van der Waals surface area contributed by atoms with Crippen LogP contribution in [0.3, 0.4) is 0 Å². The van der Waals surface area contributed by atoms with Gasteiger partial charge in [-0.25, -0.2) is 9.97 Å². The van der Waals surface area contributed by atoms with E-state index in [9.17, 15) is 0 Å². The Morgan fingerprint density at radius 1 is 1.41 bits per heavy atom. The normalized spacial score (nSPS) is 11.2. The SMILES string of the molecule is Cc1cn2c(CNc3nccs3)c(C)nc2s1. The molecule has 0 aliphatic carbocycles. The molecule has 6 heteroatoms. The molecule has 1 N–H and O–H groups in total. The molecule has 0 spiro atoms. The number of aromatic nitrogens is 3. The van der Waals surface area contributed by atoms with Crippen LogP contribution in [0, 0.1) is 13.8 Å². The second-order valence-corrected chi connectivity index (χ2v) is 5.94. The lowest BCUT2D eigenvalue weighted by Crippen LogP contribution is -2.03. The Balaban J connectivity index is 1.90. The Labute approximate surface area is 107 Å². The van der Waals surface area contributed by atoms with E-state index in [0.717, 1.165) is 22.3 Å². The van der Waals surface area contributed by atoms with Gasteiger partial charge in [-0.05, 0) is 13.8 Å². The minimum absolute atomic E-state index is 0.761. The summed E-state index contributed by atoms with van der Waals surface area (Å²) < 4.78 is 2.16. The van der Waals surface area contributed by atoms with Crippen LogP contribution in [-0.2, 0) is 6.54 Å². The molecule has 4 nitrogen and oxygen atoms in total. The van der Waals surface area contributed by atoms with Crippen molar-refractivity contribution in [1.82, 2.24) is 14.4 Å². The fraction of sp³-hybridized carbons (Fsp3) is 0.273. The highest BCUT2D eigenvalue weighted by atomic mass is 32.1. The fourth-order valence-corrected chi connectivity index (χ4v) is 3.21. The Morgan fingerprint density at radius 2 is 2.29 bits per heavy atom. The number of fused-ring (bicyclic) bond motifs is 1. The van der Waals surface area contributed by atoms with E-state index in [0.29, 0.717) is 0 Å². The number of hydrogen-bond donors (Lipinski definition) is 1. The number of nitrogens with zero attached hydrogens (tertiary/aromatic N) is 3. The second kappa shape index (κ2) is 4.12. The first-order valence-corrected chi connectivity index (χ1v) is 7.01. The highest BCUT2D eigenvalue weighted by molar-refractivity contribution is 7.17. The van der Waals surface area contributed by atoms with Gasteiger partial charge in [0.25, 0.3) is 0 Å². The fourth-order valence-electron chi connectivity index (χ4n) is 1.79. The Bertz CT molecular complexity index is 636. The molecule has 0 amide bonds. The molecule has 0 aliphatic rings. The third-order valence-electron chi connectivity index (χ3n) is 2.58. The van der Waals surface area contributed by atoms with Gasteiger partial charge in [0.1, 0.15) is 0 Å². The molecule has 0 fully saturated rings. The summed E-state index contributed by atoms with van der Waals surface area (Å²) in [6, 6.07) is 0. The summed E-state index contributed by atoms with van der Waals surface area (Å²) in [5.41, 5.74) is 2.29. The molecule has 3 aromatic rings. The van der Waals surface area contributed by atoms with Crippen LogP contribution in [0.2, 0.25) is 0 Å². The monoisotopic (exact) mass is 264 g/mol. The lowest BCUT2D eigenvalue weighted by Gasteiger charge is -2.02. The van der Waals surface area contributed by atoms with Gasteiger partial charge in [-0.2, -0.15) is 0 Å². The zero-order valence-corrected chi connectivity index (χ0v) is 11.2. The van der Waals surface area contributed by atoms with Crippen LogP contribution in [-0.4, -0.2) is 14.4 Å². The molecule has 0 atom stereocenters. The quantitative estimate of drug-likeness (QED) is 0.790. The smallest absolute Gasteiger partial charge is 0.194 e. The van der Waals surface area contributed by atoms with Crippen molar-refractivity contribution in [3.05, 3.63) is 34.0 Å². The summed E-state index contributed by atoms with van der Waals surface area (Å²) in [5, 5.41) is 6.24. The average molecular weight is 264 g/mol. The molecule has 0 aliphatic heterocycles. The summed E-state index contributed by atoms with van der Waals surface area (Å²) in [6.07, 6.45) is 3.94. The average Bonchev–Trinajstić information content (AvgIpc) is 2.93. The highest BCUT2D eigenvalue weighted by Gasteiger charge is 2.10. The van der Waals surface area contributed by atoms with Crippen molar-refractivity contribution in [2.24, 2.45) is 0 Å². The first kappa shape index (κ1) is 10.7. The lowest BCUT2D eigenvalue weighted by atomic mass is 10.3. The van der Waals surface area contributed by atoms with E-state index >= 15 is 0 Å². The first-order valence-electron chi connectivity index (χ1n) is 5.31. The van der Waals surface area contributed by atoms with Gasteiger partial charge in [0.2, 0.25) is 0 Å². The van der Waals surface area contributed by atoms with Crippen LogP contribution in [0.15, 0.2) is 17.8 Å². The maximum Gasteiger partial charge on any atom is 0.194 e. The zero-order valence-electron chi connectivity index (χ0n) is 9.60. The molecule has 0 unspecified atom stereocenters. The van der Waals surface area contributed by atoms with Crippen molar-refractivity contribution < 1.29 is 0 Å². The number of rotatable bonds is 3. The van der Waals surface area contributed by atoms with Gasteiger partial charge >= 0.3 is 0 Å². The number of imidazole rings is 1. The molecule has 3 rings (SSSR count). The van der Waals surface area contributed by atoms with Crippen molar-refractivity contribution in [2.75, 3.05) is 5.32 Å². The molecule has 88 valence electrons. The van der Waals surface area contributed by atoms with Crippen LogP contribution in [0.25, 0.3) is 4.96 Å². The molecule has 3 heterocycles. The molecule has 0 aromatic carbocycles. The Kier molecular flexibility index (Phi) is 2.60. The third kappa shape index (κ3) is 1.94. The van der Waals surface area contributed by atoms with E-state index in [4.69, 9.17) is 0 Å². The Hall–Kier alpha value is -1.40. The lowest BCUT2D eigenvalue weighted by molar-refractivity contribution is 0.988. The predicted molar refractivity (Wildman–Crippen MR) is 72.0 cm³/mol. The van der Waals surface area contributed by atoms with E-state index in [1.165, 1.54) is 10.6 Å². The number of hydrogen-bond acceptors (Lipinski definition) is 5. The predicted octanol–water partition coefficient (Wildman–Crippen LogP) is 3.08. The van der Waals surface area contributed by atoms with Crippen molar-refractivity contribution in [2.45, 2.75) is 20.4 Å². The van der Waals surface area contributed by atoms with Gasteiger partial charge in [0.15, 0.2) is 10.1 Å². The number of thiazole rings is 2. The van der Waals surface area contributed by atoms with E-state index in [2.05, 4.69) is 32.8 Å². The molecular weight excluding hydrogens is 252 g/mol. The standard InChI is InChI=1S/C11H12N4S2/c1-7-6-15-9(8(2)14-11(15)17-7)5-13-10-12-3-4-16-10/h3-4,6H,5H2,1-2H3,(H,12,13). The van der Waals surface area contributed by atoms with E-state index in [1.807, 2.05) is 12.3 Å². The van der Waals surface area contributed by atoms with Crippen molar-refractivity contribution in [1.29, 1.82) is 0 Å². The number of aryl methyl sites for hydroxylation is 2. The molecule has 0 saturated carbocycles. The van der Waals surface area contributed by atoms with Crippen molar-refractivity contribution >= 4 is 32.8 Å². The van der Waals surface area contributed by atoms with Gasteiger partial charge in [-0.3, -0.25) is 4.40 Å². The summed E-state index contributed by atoms with van der Waals surface area (Å²) in [4.78, 5) is 11.1. The zero-order chi connectivity index (χ0) is 11.8. The summed E-state index contributed by atoms with van der Waals surface area (Å²) in [7, 11) is 0. The second-order valence-electron chi connectivity index (χ2n) is 3.83. The van der Waals surface area contributed by atoms with E-state index in [-0.39, 0.29) is 0 Å². The Morgan fingerprint density at radius 3 is 3.06 bits per heavy atom. The summed E-state index contributed by atoms with van der Waals surface area (Å²) in [5.74, 6) is 0. The van der Waals surface area contributed by atoms with Gasteiger partial charge in [0, 0.05) is 22.7 Å². The van der Waals surface area contributed by atoms with Crippen LogP contribution in [0.4, 0.5) is 5.13 Å². The maximum atomic E-state index is 4.56. The number of nitrogens with one attached hydrogen (secondary N) is 1. The topological polar surface area (TPSA) is 42.2 Å². The molecule has 0 radical (unpaired) electrons. The third-order valence-corrected chi connectivity index (χ3v) is 4.21. The minimum atomic E-state index is 0.761. The van der Waals surface area contributed by atoms with Gasteiger partial charge in [-0.1, -0.05) is 0 Å². The highest BCUT2D eigenvalue weighted by Crippen LogP contribution is 2.21. The number of anilines is 1. The maximum absolute atomic E-state index is 4.56. The van der Waals surface area contributed by atoms with Crippen molar-refractivity contribution in [3.63, 3.8) is 0 Å². The molecule has 17 heavy (non-hydrogen) atoms. The van der Waals surface area contributed by atoms with E-state index < -0.39 is 0 Å². The van der Waals surface area contributed by atoms with Gasteiger partial charge in [0.05, 0.1) is 17.9 Å². The molecular formula is C11H12N4S2. The van der Waals surface area contributed by atoms with Crippen molar-refractivity contribution in [3.8, 4) is 0 Å². The van der Waals surface area contributed by atoms with E-state index in [1.54, 1.807) is 28.9 Å². The molecule has 0 saturated heterocycles. The van der Waals surface area contributed by atoms with Crippen LogP contribution >= 0.6 is 22.7 Å². The first-order chi connectivity index (χ1) is 8.24. The van der Waals surface area contributed by atoms with Crippen LogP contribution in [0.5, 0.6) is 0 Å². The van der Waals surface area contributed by atoms with Crippen LogP contribution in [0.1, 0.15) is 16.3 Å².